The average Bonchev–Trinajstić information content (AvgIpc) is 1.58. The summed E-state index contributed by atoms with van der Waals surface area (Å²) in [7, 11) is 0.670. The third-order valence-electron chi connectivity index (χ3n) is 20.6. The zero-order valence-electron chi connectivity index (χ0n) is 61.1. The largest absolute Gasteiger partial charge is 0.569 e. The molecule has 0 bridgehead atoms. The molecule has 22 aromatic rings. The molecule has 12 heteroatoms. The van der Waals surface area contributed by atoms with Gasteiger partial charge in [0.05, 0.1) is 22.1 Å². The Morgan fingerprint density at radius 1 is 0.211 bits per heavy atom. The molecular formula is C102H66BBr4N2O5. The van der Waals surface area contributed by atoms with Gasteiger partial charge < -0.3 is 32.1 Å². The third-order valence-corrected chi connectivity index (χ3v) is 22.7. The first-order valence-corrected chi connectivity index (χ1v) is 40.4. The van der Waals surface area contributed by atoms with Gasteiger partial charge in [-0.25, -0.2) is 0 Å². The molecule has 0 spiro atoms. The lowest BCUT2D eigenvalue weighted by molar-refractivity contribution is 0.454. The number of hydrogen-bond donors (Lipinski definition) is 1. The van der Waals surface area contributed by atoms with Crippen LogP contribution in [0.5, 0.6) is 5.75 Å². The topological polar surface area (TPSA) is 78.7 Å². The van der Waals surface area contributed by atoms with Crippen LogP contribution in [-0.2, 0) is 0 Å². The Hall–Kier alpha value is -12.5. The van der Waals surface area contributed by atoms with Crippen LogP contribution in [0.25, 0.3) is 176 Å². The highest BCUT2D eigenvalue weighted by atomic mass is 79.9. The van der Waals surface area contributed by atoms with Crippen molar-refractivity contribution in [2.75, 3.05) is 0 Å². The number of nitrogens with zero attached hydrogens (tertiary/aromatic N) is 2. The minimum atomic E-state index is 0.585. The molecule has 17 aromatic carbocycles. The standard InChI is InChI=1S/2C24H16BrN.C24H15BrO.C18H11BrO.C12H8BO3/c25-19-13-9-17(10-14-19)18-11-15-20(16-12-18)26-23-7-3-1-5-21(23)22-6-2-4-8-24(22)26;25-19-13-10-17(11-14-19)18-12-15-24-22(16-18)21-8-4-5-9-23(21)26(24)20-6-2-1-3-7-20;25-20-12-9-17(10-13-20)16-5-7-18(8-6-16)19-11-14-24-22(15-19)21-3-1-2-4-23(21)26-24;19-14-8-5-12(6-9-14)13-7-10-18-16(11-13)15-3-1-2-4-17(15)20-18;14-13-16-8-5-6-12-10(7-8)9-3-1-2-4-11(9)15-12/h2*1-16H;1-15H;1-11H;1-7,14H. The third kappa shape index (κ3) is 15.1. The van der Waals surface area contributed by atoms with E-state index < -0.39 is 0 Å². The van der Waals surface area contributed by atoms with Crippen molar-refractivity contribution < 1.29 is 22.9 Å². The van der Waals surface area contributed by atoms with Gasteiger partial charge in [0.1, 0.15) is 39.2 Å². The Balaban J connectivity index is 0.000000100. The summed E-state index contributed by atoms with van der Waals surface area (Å²) >= 11 is 14.0. The molecule has 0 atom stereocenters. The van der Waals surface area contributed by atoms with Crippen LogP contribution in [0.2, 0.25) is 0 Å². The second kappa shape index (κ2) is 32.7. The van der Waals surface area contributed by atoms with E-state index in [9.17, 15) is 0 Å². The predicted octanol–water partition coefficient (Wildman–Crippen LogP) is 30.6. The lowest BCUT2D eigenvalue weighted by Gasteiger charge is -2.09. The van der Waals surface area contributed by atoms with Gasteiger partial charge in [0.25, 0.3) is 0 Å². The molecule has 0 saturated carbocycles. The summed E-state index contributed by atoms with van der Waals surface area (Å²) in [4.78, 5) is 0. The van der Waals surface area contributed by atoms with Gasteiger partial charge in [-0.05, 0) is 219 Å². The highest BCUT2D eigenvalue weighted by Gasteiger charge is 2.17. The first-order chi connectivity index (χ1) is 56.1. The maximum Gasteiger partial charge on any atom is 0.569 e. The van der Waals surface area contributed by atoms with E-state index in [1.54, 1.807) is 6.07 Å². The summed E-state index contributed by atoms with van der Waals surface area (Å²) in [6, 6.07) is 137. The van der Waals surface area contributed by atoms with Crippen LogP contribution in [0.1, 0.15) is 0 Å². The van der Waals surface area contributed by atoms with Crippen molar-refractivity contribution in [1.82, 2.24) is 9.13 Å². The van der Waals surface area contributed by atoms with E-state index in [0.29, 0.717) is 13.4 Å². The van der Waals surface area contributed by atoms with Gasteiger partial charge in [0, 0.05) is 83.1 Å². The van der Waals surface area contributed by atoms with Crippen molar-refractivity contribution in [3.63, 3.8) is 0 Å². The molecule has 1 N–H and O–H groups in total. The van der Waals surface area contributed by atoms with Gasteiger partial charge in [-0.3, -0.25) is 0 Å². The number of hydrogen-bond acceptors (Lipinski definition) is 5. The molecule has 545 valence electrons. The van der Waals surface area contributed by atoms with Crippen molar-refractivity contribution in [3.05, 3.63) is 412 Å². The molecule has 0 amide bonds. The second-order valence-electron chi connectivity index (χ2n) is 27.5. The molecule has 7 nitrogen and oxygen atoms in total. The van der Waals surface area contributed by atoms with Crippen molar-refractivity contribution in [3.8, 4) is 72.8 Å². The highest BCUT2D eigenvalue weighted by Crippen LogP contribution is 2.40. The van der Waals surface area contributed by atoms with Crippen LogP contribution in [0.3, 0.4) is 0 Å². The van der Waals surface area contributed by atoms with Crippen molar-refractivity contribution in [2.24, 2.45) is 0 Å². The normalized spacial score (nSPS) is 11.2. The van der Waals surface area contributed by atoms with Crippen LogP contribution < -0.4 is 4.65 Å². The molecule has 1 radical (unpaired) electrons. The summed E-state index contributed by atoms with van der Waals surface area (Å²) in [5.74, 6) is 0.585. The van der Waals surface area contributed by atoms with Crippen LogP contribution in [-0.4, -0.2) is 21.8 Å². The molecule has 0 aliphatic heterocycles. The fourth-order valence-corrected chi connectivity index (χ4v) is 16.1. The number of furan rings is 3. The first-order valence-electron chi connectivity index (χ1n) is 37.3. The number of halogens is 4. The van der Waals surface area contributed by atoms with E-state index in [-0.39, 0.29) is 0 Å². The number of para-hydroxylation sites is 7. The van der Waals surface area contributed by atoms with E-state index >= 15 is 0 Å². The van der Waals surface area contributed by atoms with Gasteiger partial charge in [-0.2, -0.15) is 0 Å². The van der Waals surface area contributed by atoms with E-state index in [0.717, 1.165) is 72.9 Å². The van der Waals surface area contributed by atoms with Gasteiger partial charge in [-0.15, -0.1) is 0 Å². The maximum absolute atomic E-state index is 8.58. The van der Waals surface area contributed by atoms with Gasteiger partial charge in [0.15, 0.2) is 0 Å². The molecule has 5 aromatic heterocycles. The highest BCUT2D eigenvalue weighted by molar-refractivity contribution is 9.11. The minimum absolute atomic E-state index is 0.585. The van der Waals surface area contributed by atoms with E-state index in [4.69, 9.17) is 22.9 Å². The summed E-state index contributed by atoms with van der Waals surface area (Å²) < 4.78 is 31.4. The van der Waals surface area contributed by atoms with E-state index in [1.807, 2.05) is 72.8 Å². The smallest absolute Gasteiger partial charge is 0.537 e. The van der Waals surface area contributed by atoms with Crippen molar-refractivity contribution in [1.29, 1.82) is 0 Å². The zero-order chi connectivity index (χ0) is 77.0. The predicted molar refractivity (Wildman–Crippen MR) is 489 cm³/mol. The monoisotopic (exact) mass is 1730 g/mol. The number of benzene rings is 17. The van der Waals surface area contributed by atoms with E-state index in [2.05, 4.69) is 388 Å². The Labute approximate surface area is 692 Å². The molecule has 0 aliphatic carbocycles. The minimum Gasteiger partial charge on any atom is -0.537 e. The lowest BCUT2D eigenvalue weighted by atomic mass is 9.99. The molecule has 22 rings (SSSR count). The molecule has 114 heavy (non-hydrogen) atoms. The fourth-order valence-electron chi connectivity index (χ4n) is 15.1. The Morgan fingerprint density at radius 2 is 0.465 bits per heavy atom. The summed E-state index contributed by atoms with van der Waals surface area (Å²) in [6.07, 6.45) is 0. The molecule has 0 fully saturated rings. The quantitative estimate of drug-likeness (QED) is 0.146. The van der Waals surface area contributed by atoms with Gasteiger partial charge in [0.2, 0.25) is 0 Å². The van der Waals surface area contributed by atoms with Crippen LogP contribution >= 0.6 is 63.7 Å². The number of aromatic nitrogens is 2. The van der Waals surface area contributed by atoms with Crippen LogP contribution in [0, 0.1) is 0 Å². The van der Waals surface area contributed by atoms with Crippen molar-refractivity contribution >= 4 is 181 Å². The Bertz CT molecular complexity index is 7140. The van der Waals surface area contributed by atoms with Gasteiger partial charge >= 0.3 is 7.69 Å². The van der Waals surface area contributed by atoms with Crippen LogP contribution in [0.4, 0.5) is 0 Å². The number of rotatable bonds is 9. The lowest BCUT2D eigenvalue weighted by Crippen LogP contribution is -1.98. The summed E-state index contributed by atoms with van der Waals surface area (Å²) in [6.45, 7) is 0. The molecule has 0 unspecified atom stereocenters. The van der Waals surface area contributed by atoms with Crippen LogP contribution in [0.15, 0.2) is 425 Å². The number of fused-ring (bicyclic) bond motifs is 15. The Morgan fingerprint density at radius 3 is 0.851 bits per heavy atom. The SMILES string of the molecule is Brc1ccc(-c2ccc(-c3ccc4oc5ccccc5c4c3)cc2)cc1.Brc1ccc(-c2ccc(-n3c4ccccc4c4ccccc43)cc2)cc1.Brc1ccc(-c2ccc3c(c2)c2ccccc2n3-c2ccccc2)cc1.Brc1ccc(-c2ccc3oc4ccccc4c3c2)cc1.O[B]Oc1ccc2oc3ccccc3c2c1. The molecule has 0 aliphatic rings. The summed E-state index contributed by atoms with van der Waals surface area (Å²) in [5.41, 5.74) is 24.9. The molecule has 0 saturated heterocycles. The Kier molecular flexibility index (Phi) is 20.9. The zero-order valence-corrected chi connectivity index (χ0v) is 67.4. The maximum atomic E-state index is 8.58. The molecular weight excluding hydrogens is 1660 g/mol. The van der Waals surface area contributed by atoms with Crippen molar-refractivity contribution in [2.45, 2.75) is 0 Å². The summed E-state index contributed by atoms with van der Waals surface area (Å²) in [5, 5.41) is 20.4. The second-order valence-corrected chi connectivity index (χ2v) is 31.2. The first kappa shape index (κ1) is 73.0. The van der Waals surface area contributed by atoms with E-state index in [1.165, 1.54) is 121 Å². The molecule has 5 heterocycles. The van der Waals surface area contributed by atoms with Gasteiger partial charge in [-0.1, -0.05) is 294 Å². The average molecular weight is 1730 g/mol. The fraction of sp³-hybridized carbons (Fsp3) is 0.